The average Bonchev–Trinajstić information content (AvgIpc) is 2.89. The third-order valence-corrected chi connectivity index (χ3v) is 5.44. The van der Waals surface area contributed by atoms with E-state index >= 15 is 0 Å². The molecule has 20 heavy (non-hydrogen) atoms. The van der Waals surface area contributed by atoms with Crippen molar-refractivity contribution in [3.63, 3.8) is 0 Å². The summed E-state index contributed by atoms with van der Waals surface area (Å²) in [5.41, 5.74) is 1.41. The molecule has 110 valence electrons. The highest BCUT2D eigenvalue weighted by atomic mass is 35.5. The molecule has 2 unspecified atom stereocenters. The number of hydrogen-bond donors (Lipinski definition) is 2. The second kappa shape index (κ2) is 6.46. The molecule has 1 aliphatic carbocycles. The Morgan fingerprint density at radius 2 is 1.75 bits per heavy atom. The Labute approximate surface area is 126 Å². The van der Waals surface area contributed by atoms with Gasteiger partial charge in [-0.25, -0.2) is 0 Å². The topological polar surface area (TPSA) is 24.7 Å². The van der Waals surface area contributed by atoms with Crippen molar-refractivity contribution in [2.24, 2.45) is 5.92 Å². The summed E-state index contributed by atoms with van der Waals surface area (Å²) < 4.78 is 0. The molecule has 0 bridgehead atoms. The molecule has 2 nitrogen and oxygen atoms in total. The minimum atomic E-state index is -0.0437. The number of aliphatic hydroxyl groups is 1. The maximum absolute atomic E-state index is 10.0. The average molecular weight is 295 g/mol. The molecule has 1 heterocycles. The van der Waals surface area contributed by atoms with Crippen LogP contribution in [0.2, 0.25) is 5.02 Å². The van der Waals surface area contributed by atoms with E-state index in [0.29, 0.717) is 6.04 Å². The van der Waals surface area contributed by atoms with Gasteiger partial charge in [0.25, 0.3) is 0 Å². The van der Waals surface area contributed by atoms with Gasteiger partial charge in [0, 0.05) is 11.4 Å². The molecule has 0 radical (unpaired) electrons. The maximum Gasteiger partial charge on any atom is 0.114 e. The predicted octanol–water partition coefficient (Wildman–Crippen LogP) is 2.09. The number of benzene rings is 1. The van der Waals surface area contributed by atoms with Crippen LogP contribution in [0.3, 0.4) is 0 Å². The van der Waals surface area contributed by atoms with Gasteiger partial charge in [0.05, 0.1) is 13.1 Å². The van der Waals surface area contributed by atoms with Crippen molar-refractivity contribution in [1.82, 2.24) is 0 Å². The molecule has 1 aromatic rings. The number of halogens is 1. The molecule has 0 aromatic heterocycles. The van der Waals surface area contributed by atoms with Crippen molar-refractivity contribution in [2.45, 2.75) is 50.7 Å². The zero-order chi connectivity index (χ0) is 13.9. The standard InChI is InChI=1S/C17H24ClNO/c18-15-6-4-13(5-7-15)12-14-8-10-19(11-9-14)16-2-1-3-17(16)20/h4-7,14,16-17,20H,1-3,8-12H2/p+1. The normalized spacial score (nSPS) is 34.3. The lowest BCUT2D eigenvalue weighted by Gasteiger charge is -2.34. The Hall–Kier alpha value is -0.570. The Balaban J connectivity index is 1.49. The van der Waals surface area contributed by atoms with E-state index in [1.54, 1.807) is 4.90 Å². The van der Waals surface area contributed by atoms with Gasteiger partial charge in [-0.2, -0.15) is 0 Å². The largest absolute Gasteiger partial charge is 0.387 e. The van der Waals surface area contributed by atoms with Crippen LogP contribution in [0.1, 0.15) is 37.7 Å². The molecule has 2 fully saturated rings. The second-order valence-electron chi connectivity index (χ2n) is 6.54. The fourth-order valence-electron chi connectivity index (χ4n) is 3.99. The fraction of sp³-hybridized carbons (Fsp3) is 0.647. The summed E-state index contributed by atoms with van der Waals surface area (Å²) in [6.07, 6.45) is 7.17. The summed E-state index contributed by atoms with van der Waals surface area (Å²) in [5.74, 6) is 0.804. The monoisotopic (exact) mass is 294 g/mol. The van der Waals surface area contributed by atoms with Gasteiger partial charge in [-0.3, -0.25) is 0 Å². The summed E-state index contributed by atoms with van der Waals surface area (Å²) in [6.45, 7) is 2.47. The van der Waals surface area contributed by atoms with E-state index in [9.17, 15) is 5.11 Å². The molecule has 0 amide bonds. The van der Waals surface area contributed by atoms with E-state index in [1.165, 1.54) is 50.8 Å². The molecule has 2 N–H and O–H groups in total. The van der Waals surface area contributed by atoms with Crippen LogP contribution in [0.15, 0.2) is 24.3 Å². The van der Waals surface area contributed by atoms with Crippen molar-refractivity contribution < 1.29 is 10.0 Å². The Kier molecular flexibility index (Phi) is 4.65. The highest BCUT2D eigenvalue weighted by Gasteiger charge is 2.36. The van der Waals surface area contributed by atoms with Gasteiger partial charge < -0.3 is 10.0 Å². The lowest BCUT2D eigenvalue weighted by atomic mass is 9.89. The van der Waals surface area contributed by atoms with E-state index < -0.39 is 0 Å². The first-order valence-corrected chi connectivity index (χ1v) is 8.37. The smallest absolute Gasteiger partial charge is 0.114 e. The van der Waals surface area contributed by atoms with E-state index in [-0.39, 0.29) is 6.10 Å². The number of piperidine rings is 1. The van der Waals surface area contributed by atoms with Crippen LogP contribution in [0.4, 0.5) is 0 Å². The first-order chi connectivity index (χ1) is 9.72. The van der Waals surface area contributed by atoms with Crippen LogP contribution < -0.4 is 4.90 Å². The van der Waals surface area contributed by atoms with Crippen LogP contribution >= 0.6 is 11.6 Å². The zero-order valence-corrected chi connectivity index (χ0v) is 12.8. The van der Waals surface area contributed by atoms with Crippen LogP contribution in [0, 0.1) is 5.92 Å². The van der Waals surface area contributed by atoms with Crippen LogP contribution in [-0.4, -0.2) is 30.3 Å². The molecule has 1 saturated heterocycles. The summed E-state index contributed by atoms with van der Waals surface area (Å²) >= 11 is 5.93. The molecular formula is C17H25ClNO+. The number of likely N-dealkylation sites (tertiary alicyclic amines) is 1. The Bertz CT molecular complexity index is 425. The van der Waals surface area contributed by atoms with Gasteiger partial charge >= 0.3 is 0 Å². The van der Waals surface area contributed by atoms with Crippen LogP contribution in [-0.2, 0) is 6.42 Å². The van der Waals surface area contributed by atoms with Gasteiger partial charge in [-0.05, 0) is 55.7 Å². The van der Waals surface area contributed by atoms with E-state index in [2.05, 4.69) is 12.1 Å². The summed E-state index contributed by atoms with van der Waals surface area (Å²) in [4.78, 5) is 1.65. The number of rotatable bonds is 3. The van der Waals surface area contributed by atoms with Gasteiger partial charge in [-0.1, -0.05) is 23.7 Å². The summed E-state index contributed by atoms with van der Waals surface area (Å²) in [6, 6.07) is 8.81. The summed E-state index contributed by atoms with van der Waals surface area (Å²) in [5, 5.41) is 10.9. The minimum absolute atomic E-state index is 0.0437. The number of hydrogen-bond acceptors (Lipinski definition) is 1. The van der Waals surface area contributed by atoms with E-state index in [4.69, 9.17) is 11.6 Å². The van der Waals surface area contributed by atoms with Crippen molar-refractivity contribution in [2.75, 3.05) is 13.1 Å². The van der Waals surface area contributed by atoms with Crippen molar-refractivity contribution in [3.05, 3.63) is 34.9 Å². The van der Waals surface area contributed by atoms with Crippen LogP contribution in [0.25, 0.3) is 0 Å². The first kappa shape index (κ1) is 14.4. The molecule has 3 rings (SSSR count). The third kappa shape index (κ3) is 3.36. The van der Waals surface area contributed by atoms with Gasteiger partial charge in [0.1, 0.15) is 12.1 Å². The number of aliphatic hydroxyl groups excluding tert-OH is 1. The van der Waals surface area contributed by atoms with Gasteiger partial charge in [0.15, 0.2) is 0 Å². The molecule has 0 spiro atoms. The zero-order valence-electron chi connectivity index (χ0n) is 12.0. The van der Waals surface area contributed by atoms with E-state index in [0.717, 1.165) is 17.4 Å². The van der Waals surface area contributed by atoms with Crippen molar-refractivity contribution in [3.8, 4) is 0 Å². The third-order valence-electron chi connectivity index (χ3n) is 5.19. The highest BCUT2D eigenvalue weighted by Crippen LogP contribution is 2.21. The minimum Gasteiger partial charge on any atom is -0.387 e. The van der Waals surface area contributed by atoms with E-state index in [1.807, 2.05) is 12.1 Å². The Morgan fingerprint density at radius 1 is 1.05 bits per heavy atom. The van der Waals surface area contributed by atoms with Crippen LogP contribution in [0.5, 0.6) is 0 Å². The predicted molar refractivity (Wildman–Crippen MR) is 82.2 cm³/mol. The molecular weight excluding hydrogens is 270 g/mol. The Morgan fingerprint density at radius 3 is 2.35 bits per heavy atom. The molecule has 3 heteroatoms. The molecule has 2 aliphatic rings. The summed E-state index contributed by atoms with van der Waals surface area (Å²) in [7, 11) is 0. The molecule has 2 atom stereocenters. The van der Waals surface area contributed by atoms with Crippen molar-refractivity contribution in [1.29, 1.82) is 0 Å². The second-order valence-corrected chi connectivity index (χ2v) is 6.97. The molecule has 1 aliphatic heterocycles. The molecule has 1 saturated carbocycles. The fourth-order valence-corrected chi connectivity index (χ4v) is 4.12. The number of quaternary nitrogens is 1. The quantitative estimate of drug-likeness (QED) is 0.877. The van der Waals surface area contributed by atoms with Crippen molar-refractivity contribution >= 4 is 11.6 Å². The first-order valence-electron chi connectivity index (χ1n) is 7.99. The SMILES string of the molecule is OC1CCCC1[NH+]1CCC(Cc2ccc(Cl)cc2)CC1. The van der Waals surface area contributed by atoms with Gasteiger partial charge in [0.2, 0.25) is 0 Å². The lowest BCUT2D eigenvalue weighted by Crippen LogP contribution is -3.17. The molecule has 1 aromatic carbocycles. The maximum atomic E-state index is 10.0. The lowest BCUT2D eigenvalue weighted by molar-refractivity contribution is -0.933. The highest BCUT2D eigenvalue weighted by molar-refractivity contribution is 6.30. The van der Waals surface area contributed by atoms with Gasteiger partial charge in [-0.15, -0.1) is 0 Å². The number of nitrogens with one attached hydrogen (secondary N) is 1.